The lowest BCUT2D eigenvalue weighted by Crippen LogP contribution is -2.52. The molecule has 6 heteroatoms. The molecule has 108 valence electrons. The topological polar surface area (TPSA) is 101 Å². The normalized spacial score (nSPS) is 31.7. The number of carboxylic acids is 2. The van der Waals surface area contributed by atoms with E-state index in [0.29, 0.717) is 12.0 Å². The van der Waals surface area contributed by atoms with Gasteiger partial charge < -0.3 is 10.2 Å². The van der Waals surface area contributed by atoms with Crippen molar-refractivity contribution in [3.63, 3.8) is 0 Å². The smallest absolute Gasteiger partial charge is 0.384 e. The van der Waals surface area contributed by atoms with Gasteiger partial charge in [-0.15, -0.1) is 0 Å². The van der Waals surface area contributed by atoms with E-state index in [-0.39, 0.29) is 9.65 Å². The van der Waals surface area contributed by atoms with Crippen LogP contribution in [0.1, 0.15) is 41.0 Å². The summed E-state index contributed by atoms with van der Waals surface area (Å²) in [5.74, 6) is -2.08. The Morgan fingerprint density at radius 2 is 1.84 bits per heavy atom. The molecule has 0 spiro atoms. The SMILES string of the molecule is CCC1(C(=O)O)C(C)=C(C(=O)O)[S+](C(C)(C)C)C1N. The summed E-state index contributed by atoms with van der Waals surface area (Å²) in [6, 6.07) is 0. The third-order valence-corrected chi connectivity index (χ3v) is 6.91. The first-order valence-electron chi connectivity index (χ1n) is 6.18. The molecule has 0 aromatic heterocycles. The van der Waals surface area contributed by atoms with E-state index in [1.54, 1.807) is 13.8 Å². The Morgan fingerprint density at radius 1 is 1.37 bits per heavy atom. The monoisotopic (exact) mass is 288 g/mol. The molecule has 0 amide bonds. The van der Waals surface area contributed by atoms with Crippen LogP contribution in [-0.4, -0.2) is 32.3 Å². The Balaban J connectivity index is 3.59. The van der Waals surface area contributed by atoms with E-state index in [9.17, 15) is 19.8 Å². The van der Waals surface area contributed by atoms with Crippen molar-refractivity contribution in [3.8, 4) is 0 Å². The Bertz CT molecular complexity index is 452. The summed E-state index contributed by atoms with van der Waals surface area (Å²) in [7, 11) is -0.800. The van der Waals surface area contributed by atoms with Crippen LogP contribution in [-0.2, 0) is 20.5 Å². The number of carboxylic acid groups (broad SMARTS) is 2. The lowest BCUT2D eigenvalue weighted by molar-refractivity contribution is -0.146. The van der Waals surface area contributed by atoms with Crippen LogP contribution in [0.3, 0.4) is 0 Å². The number of nitrogens with two attached hydrogens (primary N) is 1. The van der Waals surface area contributed by atoms with E-state index in [4.69, 9.17) is 5.73 Å². The Labute approximate surface area is 116 Å². The largest absolute Gasteiger partial charge is 0.480 e. The summed E-state index contributed by atoms with van der Waals surface area (Å²) in [5, 5.41) is 18.3. The van der Waals surface area contributed by atoms with Gasteiger partial charge in [0.05, 0.1) is 10.9 Å². The molecule has 3 atom stereocenters. The van der Waals surface area contributed by atoms with Crippen LogP contribution in [0.2, 0.25) is 0 Å². The first kappa shape index (κ1) is 16.0. The van der Waals surface area contributed by atoms with Crippen molar-refractivity contribution in [2.45, 2.75) is 51.2 Å². The molecule has 1 heterocycles. The fourth-order valence-electron chi connectivity index (χ4n) is 2.75. The highest BCUT2D eigenvalue weighted by atomic mass is 32.2. The van der Waals surface area contributed by atoms with Crippen LogP contribution in [0.4, 0.5) is 0 Å². The molecule has 19 heavy (non-hydrogen) atoms. The molecule has 1 aliphatic rings. The lowest BCUT2D eigenvalue weighted by Gasteiger charge is -2.29. The minimum Gasteiger partial charge on any atom is -0.480 e. The first-order chi connectivity index (χ1) is 8.51. The summed E-state index contributed by atoms with van der Waals surface area (Å²) >= 11 is 0. The van der Waals surface area contributed by atoms with Gasteiger partial charge in [0.2, 0.25) is 4.91 Å². The van der Waals surface area contributed by atoms with Crippen LogP contribution in [0.15, 0.2) is 10.5 Å². The fraction of sp³-hybridized carbons (Fsp3) is 0.692. The highest BCUT2D eigenvalue weighted by Crippen LogP contribution is 2.51. The molecule has 3 unspecified atom stereocenters. The number of carbonyl (C=O) groups is 2. The molecular formula is C13H22NO4S+. The molecule has 4 N–H and O–H groups in total. The van der Waals surface area contributed by atoms with Crippen LogP contribution in [0.25, 0.3) is 0 Å². The summed E-state index contributed by atoms with van der Waals surface area (Å²) in [5.41, 5.74) is 5.34. The van der Waals surface area contributed by atoms with E-state index in [2.05, 4.69) is 0 Å². The second-order valence-electron chi connectivity index (χ2n) is 5.76. The summed E-state index contributed by atoms with van der Waals surface area (Å²) in [6.45, 7) is 9.05. The van der Waals surface area contributed by atoms with Crippen LogP contribution in [0.5, 0.6) is 0 Å². The van der Waals surface area contributed by atoms with E-state index in [0.717, 1.165) is 0 Å². The first-order valence-corrected chi connectivity index (χ1v) is 7.47. The van der Waals surface area contributed by atoms with E-state index >= 15 is 0 Å². The number of aliphatic carboxylic acids is 2. The second-order valence-corrected chi connectivity index (χ2v) is 8.58. The molecule has 0 aromatic carbocycles. The predicted octanol–water partition coefficient (Wildman–Crippen LogP) is 1.54. The van der Waals surface area contributed by atoms with Crippen LogP contribution < -0.4 is 5.73 Å². The quantitative estimate of drug-likeness (QED) is 0.684. The van der Waals surface area contributed by atoms with E-state index in [1.165, 1.54) is 0 Å². The molecule has 0 aliphatic carbocycles. The van der Waals surface area contributed by atoms with Gasteiger partial charge in [-0.2, -0.15) is 0 Å². The van der Waals surface area contributed by atoms with Crippen LogP contribution in [0, 0.1) is 5.41 Å². The maximum atomic E-state index is 11.7. The molecule has 0 radical (unpaired) electrons. The van der Waals surface area contributed by atoms with Gasteiger partial charge in [0.1, 0.15) is 4.75 Å². The molecule has 0 saturated carbocycles. The summed E-state index contributed by atoms with van der Waals surface area (Å²) < 4.78 is -0.374. The van der Waals surface area contributed by atoms with Gasteiger partial charge in [-0.3, -0.25) is 10.5 Å². The number of hydrogen-bond acceptors (Lipinski definition) is 3. The van der Waals surface area contributed by atoms with Crippen LogP contribution >= 0.6 is 0 Å². The Hall–Kier alpha value is -1.01. The minimum atomic E-state index is -1.26. The molecule has 1 rings (SSSR count). The number of hydrogen-bond donors (Lipinski definition) is 3. The average Bonchev–Trinajstić information content (AvgIpc) is 2.47. The standard InChI is InChI=1S/C13H21NO4S/c1-6-13(11(17)18)7(2)8(9(15)16)19(10(13)14)12(3,4)5/h10H,6,14H2,1-5H3,(H-,15,16,17,18)/p+1. The maximum absolute atomic E-state index is 11.7. The zero-order chi connectivity index (χ0) is 15.2. The van der Waals surface area contributed by atoms with Gasteiger partial charge in [-0.05, 0) is 34.1 Å². The van der Waals surface area contributed by atoms with Crippen molar-refractivity contribution in [2.75, 3.05) is 0 Å². The summed E-state index contributed by atoms with van der Waals surface area (Å²) in [6.07, 6.45) is 0.297. The van der Waals surface area contributed by atoms with Gasteiger partial charge in [-0.1, -0.05) is 6.92 Å². The van der Waals surface area contributed by atoms with Crippen molar-refractivity contribution in [2.24, 2.45) is 11.1 Å². The molecule has 0 bridgehead atoms. The Morgan fingerprint density at radius 3 is 2.05 bits per heavy atom. The van der Waals surface area contributed by atoms with Crippen molar-refractivity contribution in [3.05, 3.63) is 10.5 Å². The van der Waals surface area contributed by atoms with Crippen molar-refractivity contribution >= 4 is 22.8 Å². The minimum absolute atomic E-state index is 0.198. The van der Waals surface area contributed by atoms with Gasteiger partial charge in [0.25, 0.3) is 0 Å². The van der Waals surface area contributed by atoms with Crippen molar-refractivity contribution in [1.29, 1.82) is 0 Å². The zero-order valence-electron chi connectivity index (χ0n) is 12.0. The zero-order valence-corrected chi connectivity index (χ0v) is 12.8. The molecule has 0 fully saturated rings. The predicted molar refractivity (Wildman–Crippen MR) is 75.8 cm³/mol. The van der Waals surface area contributed by atoms with Gasteiger partial charge in [0.15, 0.2) is 10.8 Å². The molecule has 0 aromatic rings. The van der Waals surface area contributed by atoms with Crippen molar-refractivity contribution in [1.82, 2.24) is 0 Å². The third kappa shape index (κ3) is 2.17. The molecular weight excluding hydrogens is 266 g/mol. The average molecular weight is 288 g/mol. The van der Waals surface area contributed by atoms with E-state index < -0.39 is 33.6 Å². The van der Waals surface area contributed by atoms with Gasteiger partial charge in [-0.25, -0.2) is 4.79 Å². The van der Waals surface area contributed by atoms with E-state index in [1.807, 2.05) is 20.8 Å². The fourth-order valence-corrected chi connectivity index (χ4v) is 5.93. The second kappa shape index (κ2) is 4.83. The Kier molecular flexibility index (Phi) is 4.08. The molecule has 5 nitrogen and oxygen atoms in total. The maximum Gasteiger partial charge on any atom is 0.384 e. The molecule has 1 aliphatic heterocycles. The van der Waals surface area contributed by atoms with Gasteiger partial charge >= 0.3 is 11.9 Å². The highest BCUT2D eigenvalue weighted by molar-refractivity contribution is 8.03. The summed E-state index contributed by atoms with van der Waals surface area (Å²) in [4.78, 5) is 23.5. The molecule has 0 saturated heterocycles. The van der Waals surface area contributed by atoms with Gasteiger partial charge in [0, 0.05) is 5.57 Å². The highest BCUT2D eigenvalue weighted by Gasteiger charge is 2.66. The number of rotatable bonds is 3. The lowest BCUT2D eigenvalue weighted by atomic mass is 9.78. The van der Waals surface area contributed by atoms with Crippen molar-refractivity contribution < 1.29 is 19.8 Å². The third-order valence-electron chi connectivity index (χ3n) is 3.76.